The Morgan fingerprint density at radius 2 is 1.22 bits per heavy atom. The summed E-state index contributed by atoms with van der Waals surface area (Å²) in [5.41, 5.74) is 0.342. The van der Waals surface area contributed by atoms with Gasteiger partial charge in [-0.1, -0.05) is 0 Å². The highest BCUT2D eigenvalue weighted by Gasteiger charge is 2.56. The van der Waals surface area contributed by atoms with E-state index in [-0.39, 0.29) is 64.3 Å². The molecule has 1 aromatic heterocycles. The minimum absolute atomic E-state index is 0.00850. The molecule has 1 saturated heterocycles. The van der Waals surface area contributed by atoms with Crippen LogP contribution in [0, 0.1) is 29.6 Å². The van der Waals surface area contributed by atoms with Crippen LogP contribution in [0.15, 0.2) is 21.2 Å². The van der Waals surface area contributed by atoms with Crippen molar-refractivity contribution in [2.75, 3.05) is 92.9 Å². The number of rotatable bonds is 27. The predicted octanol–water partition coefficient (Wildman–Crippen LogP) is 4.24. The highest BCUT2D eigenvalue weighted by molar-refractivity contribution is 9.11. The van der Waals surface area contributed by atoms with Gasteiger partial charge in [0.2, 0.25) is 18.3 Å². The minimum atomic E-state index is -1.72. The van der Waals surface area contributed by atoms with E-state index in [2.05, 4.69) is 54.3 Å². The summed E-state index contributed by atoms with van der Waals surface area (Å²) < 4.78 is 73.9. The van der Waals surface area contributed by atoms with Crippen molar-refractivity contribution in [1.29, 1.82) is 0 Å². The summed E-state index contributed by atoms with van der Waals surface area (Å²) in [6.45, 7) is 7.41. The normalized spacial score (nSPS) is 22.0. The van der Waals surface area contributed by atoms with Crippen LogP contribution >= 0.6 is 31.9 Å². The van der Waals surface area contributed by atoms with Crippen LogP contribution in [0.3, 0.4) is 0 Å². The van der Waals surface area contributed by atoms with E-state index < -0.39 is 72.7 Å². The summed E-state index contributed by atoms with van der Waals surface area (Å²) >= 11 is 7.06. The van der Waals surface area contributed by atoms with Crippen molar-refractivity contribution in [1.82, 2.24) is 15.2 Å². The Balaban J connectivity index is 0.970. The Labute approximate surface area is 432 Å². The molecule has 2 fully saturated rings. The second-order valence-electron chi connectivity index (χ2n) is 16.4. The lowest BCUT2D eigenvalue weighted by atomic mass is 9.97. The Bertz CT molecular complexity index is 2250. The number of hydrogen-bond acceptors (Lipinski definition) is 20. The van der Waals surface area contributed by atoms with E-state index in [1.807, 2.05) is 0 Å². The molecule has 0 spiro atoms. The van der Waals surface area contributed by atoms with E-state index in [9.17, 15) is 33.6 Å². The van der Waals surface area contributed by atoms with E-state index in [1.54, 1.807) is 6.07 Å². The second-order valence-corrected chi connectivity index (χ2v) is 18.0. The molecular weight excluding hydrogens is 1090 g/mol. The third-order valence-corrected chi connectivity index (χ3v) is 12.6. The Morgan fingerprint density at radius 1 is 0.694 bits per heavy atom. The number of nitrogens with zero attached hydrogens (tertiary/aromatic N) is 1. The van der Waals surface area contributed by atoms with Crippen molar-refractivity contribution in [2.24, 2.45) is 17.8 Å². The molecular formula is C47H61Br2N3O20. The van der Waals surface area contributed by atoms with Gasteiger partial charge in [-0.25, -0.2) is 14.4 Å². The van der Waals surface area contributed by atoms with E-state index in [1.165, 1.54) is 17.7 Å². The number of methoxy groups -OCH3 is 1. The van der Waals surface area contributed by atoms with Crippen LogP contribution < -0.4 is 20.1 Å². The number of nitrogens with one attached hydrogen (secondary N) is 2. The van der Waals surface area contributed by atoms with Gasteiger partial charge in [0.15, 0.2) is 18.3 Å². The maximum absolute atomic E-state index is 13.0. The standard InChI is InChI=1S/C47H61Br2N3O20/c1-27(53)52-25-36(71-45-43(70-30(4)56)41(69-29(3)55)40(68-28(2)54)42(72-45)44(57)60-5)37-35(52)24-34(48)39(38(37)49)65-22-20-63-18-19-64-21-23-66-46(58)50-12-14-61-16-17-62-15-13-51-47(59)67-26-33-31-10-8-6-7-9-11-32(31)33/h24-25,31-33,40-43,45H,8-23,26H2,1-5H3,(H,50,58)(H,51,59)/t31-,32?,33-,40-,41-,42-,43+,45+/m0/s1. The first-order chi connectivity index (χ1) is 34.6. The number of amides is 2. The lowest BCUT2D eigenvalue weighted by Crippen LogP contribution is -2.64. The van der Waals surface area contributed by atoms with Crippen LogP contribution in [-0.4, -0.2) is 170 Å². The average Bonchev–Trinajstić information content (AvgIpc) is 3.82. The van der Waals surface area contributed by atoms with Gasteiger partial charge in [-0.05, 0) is 68.5 Å². The number of alkyl carbamates (subject to hydrolysis) is 2. The summed E-state index contributed by atoms with van der Waals surface area (Å²) in [5.74, 6) is 4.28. The molecule has 398 valence electrons. The van der Waals surface area contributed by atoms with Crippen LogP contribution in [0.2, 0.25) is 0 Å². The molecule has 8 atom stereocenters. The first-order valence-corrected chi connectivity index (χ1v) is 24.9. The van der Waals surface area contributed by atoms with Gasteiger partial charge in [0, 0.05) is 53.6 Å². The van der Waals surface area contributed by atoms with Gasteiger partial charge in [0.05, 0.1) is 92.6 Å². The largest absolute Gasteiger partial charge is 0.489 e. The number of benzene rings is 1. The smallest absolute Gasteiger partial charge is 0.407 e. The molecule has 72 heavy (non-hydrogen) atoms. The zero-order valence-corrected chi connectivity index (χ0v) is 43.8. The van der Waals surface area contributed by atoms with Crippen molar-refractivity contribution < 1.29 is 95.1 Å². The first-order valence-electron chi connectivity index (χ1n) is 23.3. The fraction of sp³-hybridized carbons (Fsp3) is 0.638. The second kappa shape index (κ2) is 29.5. The molecule has 1 saturated carbocycles. The molecule has 1 unspecified atom stereocenters. The number of fused-ring (bicyclic) bond motifs is 2. The molecule has 2 heterocycles. The van der Waals surface area contributed by atoms with Crippen molar-refractivity contribution in [3.8, 4) is 23.3 Å². The molecule has 0 bridgehead atoms. The maximum Gasteiger partial charge on any atom is 0.407 e. The van der Waals surface area contributed by atoms with Gasteiger partial charge < -0.3 is 72.2 Å². The van der Waals surface area contributed by atoms with Crippen LogP contribution in [0.25, 0.3) is 10.9 Å². The van der Waals surface area contributed by atoms with Crippen molar-refractivity contribution >= 4 is 84.7 Å². The number of hydrogen-bond donors (Lipinski definition) is 2. The van der Waals surface area contributed by atoms with Crippen LogP contribution in [0.4, 0.5) is 9.59 Å². The highest BCUT2D eigenvalue weighted by atomic mass is 79.9. The molecule has 5 rings (SSSR count). The Kier molecular flexibility index (Phi) is 23.6. The minimum Gasteiger partial charge on any atom is -0.489 e. The van der Waals surface area contributed by atoms with Crippen LogP contribution in [0.5, 0.6) is 11.5 Å². The predicted molar refractivity (Wildman–Crippen MR) is 256 cm³/mol. The van der Waals surface area contributed by atoms with Crippen molar-refractivity contribution in [3.63, 3.8) is 0 Å². The summed E-state index contributed by atoms with van der Waals surface area (Å²) in [5, 5.41) is 5.57. The topological polar surface area (TPSA) is 268 Å². The lowest BCUT2D eigenvalue weighted by Gasteiger charge is -2.43. The molecule has 2 N–H and O–H groups in total. The summed E-state index contributed by atoms with van der Waals surface area (Å²) in [7, 11) is 1.06. The maximum atomic E-state index is 13.0. The molecule has 0 radical (unpaired) electrons. The third-order valence-electron chi connectivity index (χ3n) is 11.3. The van der Waals surface area contributed by atoms with Gasteiger partial charge in [-0.2, -0.15) is 0 Å². The van der Waals surface area contributed by atoms with E-state index in [4.69, 9.17) is 61.6 Å². The fourth-order valence-electron chi connectivity index (χ4n) is 8.09. The number of carbonyl (C=O) groups excluding carboxylic acids is 7. The zero-order chi connectivity index (χ0) is 52.2. The molecule has 2 aromatic rings. The highest BCUT2D eigenvalue weighted by Crippen LogP contribution is 2.52. The number of carbonyl (C=O) groups is 7. The van der Waals surface area contributed by atoms with Gasteiger partial charge in [0.25, 0.3) is 0 Å². The molecule has 3 aliphatic rings. The molecule has 23 nitrogen and oxygen atoms in total. The molecule has 25 heteroatoms. The third kappa shape index (κ3) is 17.5. The van der Waals surface area contributed by atoms with E-state index in [0.29, 0.717) is 70.6 Å². The van der Waals surface area contributed by atoms with Gasteiger partial charge >= 0.3 is 36.1 Å². The van der Waals surface area contributed by atoms with Gasteiger partial charge in [-0.3, -0.25) is 23.7 Å². The molecule has 2 amide bonds. The van der Waals surface area contributed by atoms with Crippen LogP contribution in [-0.2, 0) is 71.3 Å². The van der Waals surface area contributed by atoms with Crippen molar-refractivity contribution in [2.45, 2.75) is 84.1 Å². The number of ether oxygens (including phenoxy) is 13. The van der Waals surface area contributed by atoms with Gasteiger partial charge in [0.1, 0.15) is 24.7 Å². The SMILES string of the molecule is COC(=O)[C@H]1O[C@@H](Oc2cn(C(C)=O)c3cc(Br)c(OCCOCCOCCOC(=O)NCCOCCOCCNC(=O)OC[C@@H]4C5CCC#CCC[C@@H]54)c(Br)c23)[C@H](OC(C)=O)[C@@H](OC(C)=O)[C@@H]1OC(C)=O. The number of aromatic nitrogens is 1. The van der Waals surface area contributed by atoms with Crippen LogP contribution in [0.1, 0.15) is 58.2 Å². The molecule has 2 aliphatic carbocycles. The summed E-state index contributed by atoms with van der Waals surface area (Å²) in [6.07, 6.45) is -3.96. The fourth-order valence-corrected chi connectivity index (χ4v) is 9.62. The number of halogens is 2. The summed E-state index contributed by atoms with van der Waals surface area (Å²) in [4.78, 5) is 86.5. The Hall–Kier alpha value is -5.23. The molecule has 1 aromatic carbocycles. The Morgan fingerprint density at radius 3 is 1.79 bits per heavy atom. The number of esters is 4. The van der Waals surface area contributed by atoms with E-state index >= 15 is 0 Å². The zero-order valence-electron chi connectivity index (χ0n) is 40.7. The lowest BCUT2D eigenvalue weighted by molar-refractivity contribution is -0.282. The quantitative estimate of drug-likeness (QED) is 0.0548. The van der Waals surface area contributed by atoms with E-state index in [0.717, 1.165) is 53.6 Å². The van der Waals surface area contributed by atoms with Crippen molar-refractivity contribution in [3.05, 3.63) is 21.2 Å². The monoisotopic (exact) mass is 1150 g/mol. The first kappa shape index (κ1) is 57.7. The average molecular weight is 1150 g/mol. The molecule has 1 aliphatic heterocycles. The van der Waals surface area contributed by atoms with Gasteiger partial charge in [-0.15, -0.1) is 11.8 Å². The summed E-state index contributed by atoms with van der Waals surface area (Å²) in [6, 6.07) is 1.61.